The Hall–Kier alpha value is -2.33. The van der Waals surface area contributed by atoms with Gasteiger partial charge in [0.05, 0.1) is 30.6 Å². The van der Waals surface area contributed by atoms with E-state index in [9.17, 15) is 22.8 Å². The molecule has 1 atom stereocenters. The number of carbonyl (C=O) groups excluding carboxylic acids is 1. The number of halogens is 4. The molecule has 1 aliphatic heterocycles. The third-order valence-electron chi connectivity index (χ3n) is 2.78. The largest absolute Gasteiger partial charge is 0.422 e. The van der Waals surface area contributed by atoms with Gasteiger partial charge in [-0.05, 0) is 12.1 Å². The van der Waals surface area contributed by atoms with Gasteiger partial charge in [0.2, 0.25) is 0 Å². The number of allylic oxidation sites excluding steroid dienone is 1. The monoisotopic (exact) mass is 423 g/mol. The van der Waals surface area contributed by atoms with Gasteiger partial charge < -0.3 is 19.4 Å². The fourth-order valence-corrected chi connectivity index (χ4v) is 2.51. The molecule has 2 N–H and O–H groups in total. The average molecular weight is 424 g/mol. The summed E-state index contributed by atoms with van der Waals surface area (Å²) >= 11 is 6.28. The Morgan fingerprint density at radius 3 is 2.74 bits per heavy atom. The highest BCUT2D eigenvalue weighted by molar-refractivity contribution is 7.96. The van der Waals surface area contributed by atoms with Crippen LogP contribution in [-0.2, 0) is 15.5 Å². The van der Waals surface area contributed by atoms with Gasteiger partial charge in [0.25, 0.3) is 17.4 Å². The minimum atomic E-state index is -3.04. The van der Waals surface area contributed by atoms with E-state index in [0.717, 1.165) is 22.7 Å². The van der Waals surface area contributed by atoms with Gasteiger partial charge in [0, 0.05) is 30.9 Å². The maximum Gasteiger partial charge on any atom is 0.263 e. The second-order valence-corrected chi connectivity index (χ2v) is 6.25. The molecule has 27 heavy (non-hydrogen) atoms. The number of nitrogens with one attached hydrogen (secondary N) is 2. The number of anilines is 1. The molecule has 1 aromatic rings. The van der Waals surface area contributed by atoms with Gasteiger partial charge in [0.1, 0.15) is 0 Å². The van der Waals surface area contributed by atoms with Gasteiger partial charge >= 0.3 is 0 Å². The second kappa shape index (κ2) is 10.7. The number of hydrogen-bond donors (Lipinski definition) is 2. The van der Waals surface area contributed by atoms with E-state index in [1.807, 2.05) is 0 Å². The third kappa shape index (κ3) is 8.27. The van der Waals surface area contributed by atoms with Gasteiger partial charge in [0.15, 0.2) is 11.1 Å². The van der Waals surface area contributed by atoms with Gasteiger partial charge in [-0.15, -0.1) is 0 Å². The van der Waals surface area contributed by atoms with Crippen molar-refractivity contribution in [3.05, 3.63) is 65.2 Å². The quantitative estimate of drug-likeness (QED) is 0.706. The highest BCUT2D eigenvalue weighted by Gasteiger charge is 2.25. The first-order chi connectivity index (χ1) is 12.7. The molecular formula is C16H17ClF3N3O3S. The van der Waals surface area contributed by atoms with E-state index >= 15 is 0 Å². The normalized spacial score (nSPS) is 16.3. The first-order valence-electron chi connectivity index (χ1n) is 7.37. The van der Waals surface area contributed by atoms with Crippen LogP contribution in [0.15, 0.2) is 59.6 Å². The molecule has 2 heterocycles. The maximum atomic E-state index is 13.1. The van der Waals surface area contributed by atoms with Crippen molar-refractivity contribution < 1.29 is 22.1 Å². The van der Waals surface area contributed by atoms with Crippen LogP contribution >= 0.6 is 23.6 Å². The topological polar surface area (TPSA) is 72.4 Å². The zero-order valence-electron chi connectivity index (χ0n) is 14.1. The summed E-state index contributed by atoms with van der Waals surface area (Å²) in [6.07, 6.45) is 4.39. The minimum Gasteiger partial charge on any atom is -0.422 e. The van der Waals surface area contributed by atoms with Crippen molar-refractivity contribution in [3.8, 4) is 0 Å². The molecule has 148 valence electrons. The van der Waals surface area contributed by atoms with Gasteiger partial charge in [-0.3, -0.25) is 9.59 Å². The highest BCUT2D eigenvalue weighted by atomic mass is 35.5. The number of carbonyl (C=O) groups is 1. The van der Waals surface area contributed by atoms with Gasteiger partial charge in [-0.1, -0.05) is 18.2 Å². The number of nitrogens with zero attached hydrogens (tertiary/aromatic N) is 1. The molecule has 0 radical (unpaired) electrons. The molecule has 0 bridgehead atoms. The van der Waals surface area contributed by atoms with E-state index in [2.05, 4.69) is 17.2 Å². The zero-order valence-corrected chi connectivity index (χ0v) is 15.7. The smallest absolute Gasteiger partial charge is 0.263 e. The first-order valence-corrected chi connectivity index (χ1v) is 8.61. The van der Waals surface area contributed by atoms with E-state index in [-0.39, 0.29) is 12.0 Å². The molecule has 1 aliphatic rings. The number of aromatic nitrogens is 1. The van der Waals surface area contributed by atoms with Crippen LogP contribution in [0.25, 0.3) is 0 Å². The van der Waals surface area contributed by atoms with Crippen LogP contribution < -0.4 is 16.2 Å². The number of pyridine rings is 1. The molecule has 0 saturated heterocycles. The molecule has 0 spiro atoms. The van der Waals surface area contributed by atoms with Crippen molar-refractivity contribution in [1.82, 2.24) is 9.88 Å². The minimum absolute atomic E-state index is 0.224. The van der Waals surface area contributed by atoms with Crippen LogP contribution in [-0.4, -0.2) is 21.8 Å². The van der Waals surface area contributed by atoms with Crippen LogP contribution in [0.5, 0.6) is 0 Å². The zero-order chi connectivity index (χ0) is 20.4. The third-order valence-corrected chi connectivity index (χ3v) is 3.74. The molecule has 0 fully saturated rings. The Morgan fingerprint density at radius 2 is 2.22 bits per heavy atom. The summed E-state index contributed by atoms with van der Waals surface area (Å²) in [6.45, 7) is 2.63. The molecule has 0 aliphatic carbocycles. The summed E-state index contributed by atoms with van der Waals surface area (Å²) < 4.78 is 42.3. The summed E-state index contributed by atoms with van der Waals surface area (Å²) in [5.74, 6) is -3.06. The predicted octanol–water partition coefficient (Wildman–Crippen LogP) is 3.73. The van der Waals surface area contributed by atoms with E-state index < -0.39 is 29.3 Å². The van der Waals surface area contributed by atoms with Crippen LogP contribution in [0.3, 0.4) is 0 Å². The molecule has 0 saturated carbocycles. The van der Waals surface area contributed by atoms with Crippen LogP contribution in [0, 0.1) is 0 Å². The standard InChI is InChI=1S/C14H14ClF2N3O3S.C2H3F/c1-14(16,17)8-20-7-9(2-3-11(20)21)19-12(22)13-18-6-10(4-5-15)23-24-13;1-2-3/h2-7,13,18H,8H2,1H3,(H,19,22);2H,1H2/b5-4+;. The summed E-state index contributed by atoms with van der Waals surface area (Å²) in [6, 6.07) is 2.46. The number of amides is 1. The van der Waals surface area contributed by atoms with Crippen molar-refractivity contribution >= 4 is 35.2 Å². The lowest BCUT2D eigenvalue weighted by Crippen LogP contribution is -2.37. The van der Waals surface area contributed by atoms with Crippen LogP contribution in [0.4, 0.5) is 18.9 Å². The van der Waals surface area contributed by atoms with Crippen molar-refractivity contribution in [3.63, 3.8) is 0 Å². The molecule has 1 amide bonds. The van der Waals surface area contributed by atoms with Gasteiger partial charge in [-0.2, -0.15) is 0 Å². The fourth-order valence-electron chi connectivity index (χ4n) is 1.81. The number of alkyl halides is 2. The van der Waals surface area contributed by atoms with Crippen molar-refractivity contribution in [2.75, 3.05) is 5.32 Å². The Kier molecular flexibility index (Phi) is 9.03. The molecule has 11 heteroatoms. The van der Waals surface area contributed by atoms with Crippen molar-refractivity contribution in [2.24, 2.45) is 0 Å². The van der Waals surface area contributed by atoms with E-state index in [0.29, 0.717) is 12.7 Å². The summed E-state index contributed by atoms with van der Waals surface area (Å²) in [4.78, 5) is 23.7. The lowest BCUT2D eigenvalue weighted by atomic mass is 10.3. The molecule has 2 rings (SSSR count). The first kappa shape index (κ1) is 22.7. The summed E-state index contributed by atoms with van der Waals surface area (Å²) in [5.41, 5.74) is 0.909. The molecule has 6 nitrogen and oxygen atoms in total. The molecule has 1 unspecified atom stereocenters. The highest BCUT2D eigenvalue weighted by Crippen LogP contribution is 2.22. The maximum absolute atomic E-state index is 13.1. The van der Waals surface area contributed by atoms with E-state index in [1.165, 1.54) is 30.1 Å². The Bertz CT molecular complexity index is 778. The Balaban J connectivity index is 0.00000114. The van der Waals surface area contributed by atoms with Crippen LogP contribution in [0.2, 0.25) is 0 Å². The fraction of sp³-hybridized carbons (Fsp3) is 0.250. The summed E-state index contributed by atoms with van der Waals surface area (Å²) in [5, 5.41) is 4.59. The van der Waals surface area contributed by atoms with E-state index in [1.54, 1.807) is 0 Å². The molecule has 1 aromatic heterocycles. The average Bonchev–Trinajstić information content (AvgIpc) is 2.58. The number of rotatable bonds is 5. The Morgan fingerprint density at radius 1 is 1.56 bits per heavy atom. The van der Waals surface area contributed by atoms with Crippen molar-refractivity contribution in [2.45, 2.75) is 24.8 Å². The molecular weight excluding hydrogens is 407 g/mol. The second-order valence-electron chi connectivity index (χ2n) is 5.16. The number of hydrogen-bond acceptors (Lipinski definition) is 5. The van der Waals surface area contributed by atoms with Crippen LogP contribution in [0.1, 0.15) is 6.92 Å². The Labute approximate surface area is 162 Å². The van der Waals surface area contributed by atoms with Gasteiger partial charge in [-0.25, -0.2) is 13.2 Å². The van der Waals surface area contributed by atoms with E-state index in [4.69, 9.17) is 15.8 Å². The molecule has 0 aromatic carbocycles. The summed E-state index contributed by atoms with van der Waals surface area (Å²) in [7, 11) is 0. The SMILES string of the molecule is C=CF.CC(F)(F)Cn1cc(NC(=O)C2NC=C(/C=C/Cl)OS2)ccc1=O. The lowest BCUT2D eigenvalue weighted by molar-refractivity contribution is -0.116. The predicted molar refractivity (Wildman–Crippen MR) is 99.9 cm³/mol. The lowest BCUT2D eigenvalue weighted by Gasteiger charge is -2.21. The van der Waals surface area contributed by atoms with Crippen molar-refractivity contribution in [1.29, 1.82) is 0 Å².